The average Bonchev–Trinajstić information content (AvgIpc) is 2.87. The molecule has 176 valence electrons. The lowest BCUT2D eigenvalue weighted by atomic mass is 9.89. The van der Waals surface area contributed by atoms with Gasteiger partial charge in [-0.15, -0.1) is 0 Å². The highest BCUT2D eigenvalue weighted by molar-refractivity contribution is 6.05. The number of aryl methyl sites for hydroxylation is 1. The summed E-state index contributed by atoms with van der Waals surface area (Å²) in [6.07, 6.45) is 0. The minimum Gasteiger partial charge on any atom is -0.493 e. The number of aliphatic hydroxyl groups is 2. The SMILES string of the molecule is COc1ccc(-c2c(-c3ccccc3)c3cc(CO)c(CO)cc3[n+](C)c2N(C)C)cc1OC. The molecular formula is C28H31N2O4+. The molecule has 1 heterocycles. The third-order valence-corrected chi connectivity index (χ3v) is 6.24. The molecule has 0 saturated heterocycles. The quantitative estimate of drug-likeness (QED) is 0.408. The minimum absolute atomic E-state index is 0.138. The smallest absolute Gasteiger partial charge is 0.285 e. The first kappa shape index (κ1) is 23.5. The van der Waals surface area contributed by atoms with Crippen LogP contribution in [0.3, 0.4) is 0 Å². The molecule has 0 saturated carbocycles. The number of pyridine rings is 1. The van der Waals surface area contributed by atoms with Crippen LogP contribution in [-0.2, 0) is 20.3 Å². The highest BCUT2D eigenvalue weighted by atomic mass is 16.5. The van der Waals surface area contributed by atoms with Crippen LogP contribution < -0.4 is 18.9 Å². The summed E-state index contributed by atoms with van der Waals surface area (Å²) in [7, 11) is 9.33. The Morgan fingerprint density at radius 2 is 1.41 bits per heavy atom. The topological polar surface area (TPSA) is 66.0 Å². The van der Waals surface area contributed by atoms with Crippen LogP contribution in [0.5, 0.6) is 11.5 Å². The molecule has 0 bridgehead atoms. The molecular weight excluding hydrogens is 428 g/mol. The molecule has 0 unspecified atom stereocenters. The number of anilines is 1. The maximum atomic E-state index is 10.0. The fourth-order valence-corrected chi connectivity index (χ4v) is 4.67. The Morgan fingerprint density at radius 1 is 0.765 bits per heavy atom. The van der Waals surface area contributed by atoms with E-state index in [1.54, 1.807) is 14.2 Å². The Morgan fingerprint density at radius 3 is 2.00 bits per heavy atom. The van der Waals surface area contributed by atoms with Crippen molar-refractivity contribution in [1.82, 2.24) is 0 Å². The third kappa shape index (κ3) is 3.95. The van der Waals surface area contributed by atoms with Gasteiger partial charge in [0, 0.05) is 10.9 Å². The van der Waals surface area contributed by atoms with E-state index in [0.717, 1.165) is 39.0 Å². The molecule has 0 atom stereocenters. The van der Waals surface area contributed by atoms with Gasteiger partial charge in [0.25, 0.3) is 5.82 Å². The average molecular weight is 460 g/mol. The first-order valence-electron chi connectivity index (χ1n) is 11.1. The normalized spacial score (nSPS) is 11.0. The second kappa shape index (κ2) is 9.71. The van der Waals surface area contributed by atoms with Gasteiger partial charge in [0.2, 0.25) is 0 Å². The molecule has 3 aromatic carbocycles. The molecule has 0 spiro atoms. The van der Waals surface area contributed by atoms with Crippen molar-refractivity contribution in [2.45, 2.75) is 13.2 Å². The molecule has 0 amide bonds. The molecule has 6 nitrogen and oxygen atoms in total. The van der Waals surface area contributed by atoms with Gasteiger partial charge in [0.1, 0.15) is 5.52 Å². The summed E-state index contributed by atoms with van der Waals surface area (Å²) in [6.45, 7) is -0.286. The van der Waals surface area contributed by atoms with Gasteiger partial charge in [-0.2, -0.15) is 0 Å². The summed E-state index contributed by atoms with van der Waals surface area (Å²) in [4.78, 5) is 2.09. The lowest BCUT2D eigenvalue weighted by molar-refractivity contribution is -0.631. The molecule has 34 heavy (non-hydrogen) atoms. The molecule has 2 N–H and O–H groups in total. The van der Waals surface area contributed by atoms with E-state index in [1.165, 1.54) is 0 Å². The Labute approximate surface area is 200 Å². The maximum Gasteiger partial charge on any atom is 0.285 e. The number of aromatic nitrogens is 1. The third-order valence-electron chi connectivity index (χ3n) is 6.24. The zero-order valence-electron chi connectivity index (χ0n) is 20.3. The first-order valence-corrected chi connectivity index (χ1v) is 11.1. The van der Waals surface area contributed by atoms with Gasteiger partial charge in [-0.25, -0.2) is 4.57 Å². The number of aliphatic hydroxyl groups excluding tert-OH is 2. The monoisotopic (exact) mass is 459 g/mol. The van der Waals surface area contributed by atoms with E-state index in [1.807, 2.05) is 69.7 Å². The van der Waals surface area contributed by atoms with E-state index in [-0.39, 0.29) is 13.2 Å². The van der Waals surface area contributed by atoms with Crippen LogP contribution in [0.4, 0.5) is 5.82 Å². The number of methoxy groups -OCH3 is 2. The van der Waals surface area contributed by atoms with Crippen LogP contribution in [0.15, 0.2) is 60.7 Å². The molecule has 0 aliphatic rings. The zero-order chi connectivity index (χ0) is 24.4. The predicted octanol–water partition coefficient (Wildman–Crippen LogP) is 4.07. The van der Waals surface area contributed by atoms with E-state index in [0.29, 0.717) is 22.6 Å². The number of ether oxygens (including phenoxy) is 2. The Hall–Kier alpha value is -3.61. The Bertz CT molecular complexity index is 1330. The summed E-state index contributed by atoms with van der Waals surface area (Å²) in [6, 6.07) is 20.2. The van der Waals surface area contributed by atoms with Crippen molar-refractivity contribution in [3.63, 3.8) is 0 Å². The van der Waals surface area contributed by atoms with E-state index in [4.69, 9.17) is 9.47 Å². The van der Waals surface area contributed by atoms with Gasteiger partial charge >= 0.3 is 0 Å². The largest absolute Gasteiger partial charge is 0.493 e. The number of fused-ring (bicyclic) bond motifs is 1. The molecule has 0 fully saturated rings. The van der Waals surface area contributed by atoms with Gasteiger partial charge < -0.3 is 19.7 Å². The lowest BCUT2D eigenvalue weighted by Gasteiger charge is -2.22. The highest BCUT2D eigenvalue weighted by Gasteiger charge is 2.28. The summed E-state index contributed by atoms with van der Waals surface area (Å²) in [5, 5.41) is 21.0. The summed E-state index contributed by atoms with van der Waals surface area (Å²) in [5.74, 6) is 2.32. The molecule has 0 aliphatic carbocycles. The van der Waals surface area contributed by atoms with Crippen molar-refractivity contribution in [3.05, 3.63) is 71.8 Å². The number of rotatable bonds is 7. The summed E-state index contributed by atoms with van der Waals surface area (Å²) >= 11 is 0. The number of benzene rings is 3. The molecule has 6 heteroatoms. The predicted molar refractivity (Wildman–Crippen MR) is 135 cm³/mol. The van der Waals surface area contributed by atoms with Crippen LogP contribution in [0.2, 0.25) is 0 Å². The maximum absolute atomic E-state index is 10.0. The Balaban J connectivity index is 2.23. The van der Waals surface area contributed by atoms with E-state index >= 15 is 0 Å². The number of hydrogen-bond donors (Lipinski definition) is 2. The second-order valence-corrected chi connectivity index (χ2v) is 8.42. The van der Waals surface area contributed by atoms with Crippen molar-refractivity contribution in [3.8, 4) is 33.8 Å². The van der Waals surface area contributed by atoms with Crippen molar-refractivity contribution >= 4 is 16.7 Å². The van der Waals surface area contributed by atoms with Crippen LogP contribution in [-0.4, -0.2) is 38.5 Å². The molecule has 1 aromatic heterocycles. The molecule has 0 aliphatic heterocycles. The molecule has 4 aromatic rings. The molecule has 0 radical (unpaired) electrons. The van der Waals surface area contributed by atoms with E-state index in [2.05, 4.69) is 21.6 Å². The van der Waals surface area contributed by atoms with Gasteiger partial charge in [-0.1, -0.05) is 36.4 Å². The van der Waals surface area contributed by atoms with Crippen molar-refractivity contribution < 1.29 is 24.3 Å². The van der Waals surface area contributed by atoms with Crippen LogP contribution in [0, 0.1) is 0 Å². The van der Waals surface area contributed by atoms with Crippen molar-refractivity contribution in [2.75, 3.05) is 33.2 Å². The van der Waals surface area contributed by atoms with E-state index < -0.39 is 0 Å². The number of hydrogen-bond acceptors (Lipinski definition) is 5. The second-order valence-electron chi connectivity index (χ2n) is 8.42. The zero-order valence-corrected chi connectivity index (χ0v) is 20.3. The van der Waals surface area contributed by atoms with Gasteiger partial charge in [0.15, 0.2) is 11.5 Å². The van der Waals surface area contributed by atoms with Crippen LogP contribution >= 0.6 is 0 Å². The fraction of sp³-hybridized carbons (Fsp3) is 0.250. The highest BCUT2D eigenvalue weighted by Crippen LogP contribution is 2.44. The number of nitrogens with zero attached hydrogens (tertiary/aromatic N) is 2. The van der Waals surface area contributed by atoms with Crippen molar-refractivity contribution in [1.29, 1.82) is 0 Å². The van der Waals surface area contributed by atoms with Crippen LogP contribution in [0.1, 0.15) is 11.1 Å². The van der Waals surface area contributed by atoms with Crippen molar-refractivity contribution in [2.24, 2.45) is 7.05 Å². The fourth-order valence-electron chi connectivity index (χ4n) is 4.67. The van der Waals surface area contributed by atoms with Crippen LogP contribution in [0.25, 0.3) is 33.2 Å². The van der Waals surface area contributed by atoms with E-state index in [9.17, 15) is 10.2 Å². The Kier molecular flexibility index (Phi) is 6.72. The van der Waals surface area contributed by atoms with Gasteiger partial charge in [-0.05, 0) is 46.5 Å². The molecule has 4 rings (SSSR count). The standard InChI is InChI=1S/C28H31N2O4/c1-29(2)28-27(19-11-12-24(33-4)25(15-19)34-5)26(18-9-7-6-8-10-18)22-13-20(16-31)21(17-32)14-23(22)30(28)3/h6-15,31-32H,16-17H2,1-5H3/q+1. The van der Waals surface area contributed by atoms with Gasteiger partial charge in [0.05, 0.1) is 54.1 Å². The summed E-state index contributed by atoms with van der Waals surface area (Å²) in [5.41, 5.74) is 6.51. The summed E-state index contributed by atoms with van der Waals surface area (Å²) < 4.78 is 13.2. The van der Waals surface area contributed by atoms with Gasteiger partial charge in [-0.3, -0.25) is 4.90 Å². The minimum atomic E-state index is -0.148. The lowest BCUT2D eigenvalue weighted by Crippen LogP contribution is -2.38. The first-order chi connectivity index (χ1) is 16.4.